The molecule has 1 N–H and O–H groups in total. The number of ether oxygens (including phenoxy) is 1. The first-order chi connectivity index (χ1) is 8.13. The van der Waals surface area contributed by atoms with Crippen molar-refractivity contribution in [1.29, 1.82) is 0 Å². The zero-order valence-corrected chi connectivity index (χ0v) is 10.4. The van der Waals surface area contributed by atoms with Gasteiger partial charge in [0, 0.05) is 12.0 Å². The van der Waals surface area contributed by atoms with Gasteiger partial charge in [0.05, 0.1) is 13.5 Å². The van der Waals surface area contributed by atoms with Crippen LogP contribution in [-0.4, -0.2) is 24.0 Å². The van der Waals surface area contributed by atoms with E-state index in [1.807, 2.05) is 13.8 Å². The van der Waals surface area contributed by atoms with Crippen LogP contribution < -0.4 is 4.74 Å². The summed E-state index contributed by atoms with van der Waals surface area (Å²) in [5.74, 6) is -0.457. The highest BCUT2D eigenvalue weighted by molar-refractivity contribution is 5.97. The molecule has 0 aliphatic carbocycles. The first-order valence-corrected chi connectivity index (χ1v) is 5.52. The molecule has 0 heterocycles. The second-order valence-corrected chi connectivity index (χ2v) is 3.05. The highest BCUT2D eigenvalue weighted by Gasteiger charge is 2.08. The Bertz CT molecular complexity index is 354. The smallest absolute Gasteiger partial charge is 0.303 e. The summed E-state index contributed by atoms with van der Waals surface area (Å²) < 4.78 is 4.94. The van der Waals surface area contributed by atoms with E-state index < -0.39 is 5.97 Å². The molecule has 0 fully saturated rings. The van der Waals surface area contributed by atoms with Crippen molar-refractivity contribution < 1.29 is 19.4 Å². The third-order valence-electron chi connectivity index (χ3n) is 1.98. The maximum absolute atomic E-state index is 11.4. The Kier molecular flexibility index (Phi) is 7.43. The molecule has 0 radical (unpaired) electrons. The molecule has 0 bridgehead atoms. The summed E-state index contributed by atoms with van der Waals surface area (Å²) in [6.07, 6.45) is -0.105. The van der Waals surface area contributed by atoms with Crippen LogP contribution in [0, 0.1) is 0 Å². The van der Waals surface area contributed by atoms with Crippen LogP contribution in [-0.2, 0) is 4.79 Å². The van der Waals surface area contributed by atoms with Gasteiger partial charge >= 0.3 is 5.97 Å². The molecule has 17 heavy (non-hydrogen) atoms. The van der Waals surface area contributed by atoms with E-state index in [0.29, 0.717) is 11.3 Å². The predicted molar refractivity (Wildman–Crippen MR) is 65.5 cm³/mol. The number of carbonyl (C=O) groups excluding carboxylic acids is 1. The fraction of sp³-hybridized carbons (Fsp3) is 0.385. The number of hydrogen-bond donors (Lipinski definition) is 1. The van der Waals surface area contributed by atoms with Gasteiger partial charge in [0.2, 0.25) is 0 Å². The monoisotopic (exact) mass is 238 g/mol. The molecule has 1 rings (SSSR count). The normalized spacial score (nSPS) is 8.88. The molecule has 0 aliphatic rings. The molecule has 4 heteroatoms. The topological polar surface area (TPSA) is 63.6 Å². The van der Waals surface area contributed by atoms with Gasteiger partial charge in [0.1, 0.15) is 5.75 Å². The lowest BCUT2D eigenvalue weighted by atomic mass is 10.1. The molecule has 0 spiro atoms. The van der Waals surface area contributed by atoms with Crippen molar-refractivity contribution in [3.8, 4) is 5.75 Å². The van der Waals surface area contributed by atoms with Crippen LogP contribution >= 0.6 is 0 Å². The highest BCUT2D eigenvalue weighted by atomic mass is 16.5. The molecular weight excluding hydrogens is 220 g/mol. The third kappa shape index (κ3) is 5.70. The standard InChI is InChI=1S/C11H12O4.C2H6/c1-15-9-4-2-8(3-5-9)10(12)6-7-11(13)14;1-2/h2-5H,6-7H2,1H3,(H,13,14);1-2H3. The van der Waals surface area contributed by atoms with Gasteiger partial charge in [0.25, 0.3) is 0 Å². The molecule has 0 unspecified atom stereocenters. The molecule has 0 aromatic heterocycles. The van der Waals surface area contributed by atoms with Crippen molar-refractivity contribution in [2.45, 2.75) is 26.7 Å². The second kappa shape index (κ2) is 8.33. The number of rotatable bonds is 5. The van der Waals surface area contributed by atoms with Crippen LogP contribution in [0.2, 0.25) is 0 Å². The molecule has 0 saturated carbocycles. The Hall–Kier alpha value is -1.84. The first-order valence-electron chi connectivity index (χ1n) is 5.52. The second-order valence-electron chi connectivity index (χ2n) is 3.05. The number of benzene rings is 1. The number of carbonyl (C=O) groups is 2. The van der Waals surface area contributed by atoms with E-state index in [9.17, 15) is 9.59 Å². The Balaban J connectivity index is 0.00000121. The van der Waals surface area contributed by atoms with Gasteiger partial charge in [-0.1, -0.05) is 13.8 Å². The van der Waals surface area contributed by atoms with Crippen LogP contribution in [0.15, 0.2) is 24.3 Å². The molecule has 1 aromatic carbocycles. The molecule has 0 atom stereocenters. The third-order valence-corrected chi connectivity index (χ3v) is 1.98. The van der Waals surface area contributed by atoms with Crippen molar-refractivity contribution in [2.75, 3.05) is 7.11 Å². The first kappa shape index (κ1) is 15.2. The SMILES string of the molecule is CC.COc1ccc(C(=O)CCC(=O)O)cc1. The zero-order valence-electron chi connectivity index (χ0n) is 10.4. The summed E-state index contributed by atoms with van der Waals surface area (Å²) in [6, 6.07) is 6.61. The number of Topliss-reactive ketones (excluding diaryl/α,β-unsaturated/α-hetero) is 1. The van der Waals surface area contributed by atoms with Gasteiger partial charge in [-0.05, 0) is 24.3 Å². The van der Waals surface area contributed by atoms with Gasteiger partial charge in [-0.3, -0.25) is 9.59 Å². The highest BCUT2D eigenvalue weighted by Crippen LogP contribution is 2.13. The maximum Gasteiger partial charge on any atom is 0.303 e. The minimum atomic E-state index is -0.961. The summed E-state index contributed by atoms with van der Waals surface area (Å²) in [6.45, 7) is 4.00. The number of carboxylic acids is 1. The van der Waals surface area contributed by atoms with Crippen molar-refractivity contribution in [1.82, 2.24) is 0 Å². The van der Waals surface area contributed by atoms with E-state index in [4.69, 9.17) is 9.84 Å². The van der Waals surface area contributed by atoms with E-state index in [-0.39, 0.29) is 18.6 Å². The van der Waals surface area contributed by atoms with E-state index in [2.05, 4.69) is 0 Å². The lowest BCUT2D eigenvalue weighted by Crippen LogP contribution is -2.03. The maximum atomic E-state index is 11.4. The van der Waals surface area contributed by atoms with Crippen molar-refractivity contribution in [3.05, 3.63) is 29.8 Å². The lowest BCUT2D eigenvalue weighted by Gasteiger charge is -2.01. The Morgan fingerprint density at radius 1 is 1.12 bits per heavy atom. The molecule has 0 aliphatic heterocycles. The summed E-state index contributed by atoms with van der Waals surface area (Å²) >= 11 is 0. The quantitative estimate of drug-likeness (QED) is 0.801. The minimum absolute atomic E-state index is 0.0294. The molecule has 4 nitrogen and oxygen atoms in total. The molecule has 0 saturated heterocycles. The fourth-order valence-electron chi connectivity index (χ4n) is 1.14. The Labute approximate surface area is 101 Å². The average Bonchev–Trinajstić information content (AvgIpc) is 2.38. The van der Waals surface area contributed by atoms with Crippen molar-refractivity contribution in [2.24, 2.45) is 0 Å². The summed E-state index contributed by atoms with van der Waals surface area (Å²) in [5.41, 5.74) is 0.511. The fourth-order valence-corrected chi connectivity index (χ4v) is 1.14. The largest absolute Gasteiger partial charge is 0.497 e. The van der Waals surface area contributed by atoms with Gasteiger partial charge in [-0.25, -0.2) is 0 Å². The number of ketones is 1. The Morgan fingerprint density at radius 2 is 1.65 bits per heavy atom. The van der Waals surface area contributed by atoms with E-state index in [1.165, 1.54) is 0 Å². The summed E-state index contributed by atoms with van der Waals surface area (Å²) in [5, 5.41) is 8.42. The summed E-state index contributed by atoms with van der Waals surface area (Å²) in [4.78, 5) is 21.7. The van der Waals surface area contributed by atoms with Crippen LogP contribution in [0.4, 0.5) is 0 Å². The molecule has 94 valence electrons. The van der Waals surface area contributed by atoms with Crippen molar-refractivity contribution in [3.63, 3.8) is 0 Å². The van der Waals surface area contributed by atoms with E-state index in [1.54, 1.807) is 31.4 Å². The van der Waals surface area contributed by atoms with Crippen LogP contribution in [0.25, 0.3) is 0 Å². The lowest BCUT2D eigenvalue weighted by molar-refractivity contribution is -0.136. The van der Waals surface area contributed by atoms with Gasteiger partial charge < -0.3 is 9.84 Å². The minimum Gasteiger partial charge on any atom is -0.497 e. The van der Waals surface area contributed by atoms with E-state index in [0.717, 1.165) is 0 Å². The number of aliphatic carboxylic acids is 1. The van der Waals surface area contributed by atoms with Crippen LogP contribution in [0.5, 0.6) is 5.75 Å². The van der Waals surface area contributed by atoms with Crippen LogP contribution in [0.1, 0.15) is 37.0 Å². The van der Waals surface area contributed by atoms with Crippen molar-refractivity contribution >= 4 is 11.8 Å². The van der Waals surface area contributed by atoms with Crippen LogP contribution in [0.3, 0.4) is 0 Å². The Morgan fingerprint density at radius 3 is 2.06 bits per heavy atom. The number of carboxylic acid groups (broad SMARTS) is 1. The molecule has 1 aromatic rings. The van der Waals surface area contributed by atoms with Gasteiger partial charge in [0.15, 0.2) is 5.78 Å². The predicted octanol–water partition coefficient (Wildman–Crippen LogP) is 2.77. The number of hydrogen-bond acceptors (Lipinski definition) is 3. The molecular formula is C13H18O4. The molecule has 0 amide bonds. The zero-order chi connectivity index (χ0) is 13.3. The summed E-state index contributed by atoms with van der Waals surface area (Å²) in [7, 11) is 1.54. The number of methoxy groups -OCH3 is 1. The van der Waals surface area contributed by atoms with E-state index >= 15 is 0 Å². The van der Waals surface area contributed by atoms with Gasteiger partial charge in [-0.2, -0.15) is 0 Å². The van der Waals surface area contributed by atoms with Gasteiger partial charge in [-0.15, -0.1) is 0 Å². The average molecular weight is 238 g/mol.